The molecule has 326 valence electrons. The van der Waals surface area contributed by atoms with Crippen molar-refractivity contribution in [1.29, 1.82) is 0 Å². The number of fused-ring (bicyclic) bond motifs is 1. The predicted molar refractivity (Wildman–Crippen MR) is 243 cm³/mol. The lowest BCUT2D eigenvalue weighted by molar-refractivity contribution is -0.118. The molecule has 65 heavy (non-hydrogen) atoms. The first-order chi connectivity index (χ1) is 31.2. The Morgan fingerprint density at radius 3 is 1.45 bits per heavy atom. The van der Waals surface area contributed by atoms with Crippen molar-refractivity contribution >= 4 is 75.0 Å². The number of hydrogen-bond acceptors (Lipinski definition) is 11. The standard InChI is InChI=1S/C50H40N4O11/c1-5-37(55)27-63-49(61)41-19-17-39(25-43(41)47(59)51-4)65-40-18-20-42(50(62)64-28-38(56)6-2)44(26-40)48(60)54-34-12-8-11-33(24-34)46(58)53-36-16-14-30-22-35(15-13-31(30)23-36)52-45(57)32-10-7-9-29(3)21-32/h5-26H,1-2,27-28H2,3-4H3,(H,51,59)(H,52,57)(H,53,58)(H,54,60). The molecule has 15 nitrogen and oxygen atoms in total. The Morgan fingerprint density at radius 2 is 0.954 bits per heavy atom. The molecule has 0 atom stereocenters. The van der Waals surface area contributed by atoms with Gasteiger partial charge in [-0.3, -0.25) is 28.8 Å². The molecule has 0 unspecified atom stereocenters. The van der Waals surface area contributed by atoms with E-state index in [1.165, 1.54) is 55.6 Å². The second-order valence-corrected chi connectivity index (χ2v) is 14.2. The molecule has 0 aliphatic carbocycles. The van der Waals surface area contributed by atoms with Gasteiger partial charge in [-0.05, 0) is 121 Å². The van der Waals surface area contributed by atoms with E-state index in [1.54, 1.807) is 48.5 Å². The van der Waals surface area contributed by atoms with E-state index in [1.807, 2.05) is 31.2 Å². The molecule has 6 rings (SSSR count). The number of anilines is 3. The van der Waals surface area contributed by atoms with Gasteiger partial charge in [0.1, 0.15) is 11.5 Å². The number of carbonyl (C=O) groups is 8. The largest absolute Gasteiger partial charge is 0.457 e. The number of nitrogens with one attached hydrogen (secondary N) is 4. The summed E-state index contributed by atoms with van der Waals surface area (Å²) in [4.78, 5) is 102. The van der Waals surface area contributed by atoms with E-state index in [-0.39, 0.29) is 50.9 Å². The predicted octanol–water partition coefficient (Wildman–Crippen LogP) is 7.88. The van der Waals surface area contributed by atoms with Crippen molar-refractivity contribution in [2.45, 2.75) is 6.92 Å². The van der Waals surface area contributed by atoms with Gasteiger partial charge in [-0.15, -0.1) is 0 Å². The molecule has 0 saturated heterocycles. The van der Waals surface area contributed by atoms with Gasteiger partial charge in [0.15, 0.2) is 24.8 Å². The van der Waals surface area contributed by atoms with Crippen molar-refractivity contribution in [2.75, 3.05) is 36.2 Å². The summed E-state index contributed by atoms with van der Waals surface area (Å²) >= 11 is 0. The molecule has 6 aromatic carbocycles. The molecule has 0 spiro atoms. The highest BCUT2D eigenvalue weighted by molar-refractivity contribution is 6.13. The monoisotopic (exact) mass is 872 g/mol. The zero-order valence-electron chi connectivity index (χ0n) is 35.0. The Morgan fingerprint density at radius 1 is 0.492 bits per heavy atom. The average molecular weight is 873 g/mol. The molecule has 4 N–H and O–H groups in total. The molecule has 0 aliphatic heterocycles. The van der Waals surface area contributed by atoms with Gasteiger partial charge in [0.25, 0.3) is 23.6 Å². The first kappa shape index (κ1) is 45.5. The maximum Gasteiger partial charge on any atom is 0.339 e. The van der Waals surface area contributed by atoms with Crippen LogP contribution in [0.25, 0.3) is 10.8 Å². The smallest absolute Gasteiger partial charge is 0.339 e. The lowest BCUT2D eigenvalue weighted by Crippen LogP contribution is -2.22. The highest BCUT2D eigenvalue weighted by atomic mass is 16.5. The van der Waals surface area contributed by atoms with Crippen LogP contribution in [0.3, 0.4) is 0 Å². The van der Waals surface area contributed by atoms with E-state index in [9.17, 15) is 38.4 Å². The summed E-state index contributed by atoms with van der Waals surface area (Å²) in [5.74, 6) is -5.26. The fourth-order valence-electron chi connectivity index (χ4n) is 6.25. The Labute approximate surface area is 372 Å². The summed E-state index contributed by atoms with van der Waals surface area (Å²) < 4.78 is 16.1. The summed E-state index contributed by atoms with van der Waals surface area (Å²) in [5.41, 5.74) is 2.17. The SMILES string of the molecule is C=CC(=O)COC(=O)c1ccc(Oc2ccc(C(=O)OCC(=O)C=C)c(C(=O)Nc3cccc(C(=O)Nc4ccc5cc(NC(=O)c6cccc(C)c6)ccc5c4)c3)c2)cc1C(=O)NC. The van der Waals surface area contributed by atoms with Gasteiger partial charge in [-0.2, -0.15) is 0 Å². The highest BCUT2D eigenvalue weighted by Crippen LogP contribution is 2.29. The molecule has 4 amide bonds. The number of hydrogen-bond donors (Lipinski definition) is 4. The maximum atomic E-state index is 13.9. The summed E-state index contributed by atoms with van der Waals surface area (Å²) in [6, 6.07) is 31.7. The first-order valence-corrected chi connectivity index (χ1v) is 19.7. The third-order valence-corrected chi connectivity index (χ3v) is 9.54. The zero-order valence-corrected chi connectivity index (χ0v) is 35.0. The first-order valence-electron chi connectivity index (χ1n) is 19.7. The quantitative estimate of drug-likeness (QED) is 0.0511. The van der Waals surface area contributed by atoms with Gasteiger partial charge in [0.2, 0.25) is 0 Å². The number of aryl methyl sites for hydroxylation is 1. The third kappa shape index (κ3) is 11.7. The van der Waals surface area contributed by atoms with Crippen LogP contribution >= 0.6 is 0 Å². The van der Waals surface area contributed by atoms with Crippen LogP contribution in [0.2, 0.25) is 0 Å². The van der Waals surface area contributed by atoms with E-state index in [0.29, 0.717) is 16.9 Å². The van der Waals surface area contributed by atoms with Crippen LogP contribution in [-0.2, 0) is 19.1 Å². The van der Waals surface area contributed by atoms with Crippen molar-refractivity contribution in [3.05, 3.63) is 186 Å². The molecule has 0 fully saturated rings. The number of ether oxygens (including phenoxy) is 3. The van der Waals surface area contributed by atoms with Crippen LogP contribution in [0.15, 0.2) is 147 Å². The Hall–Kier alpha value is -8.98. The number of amides is 4. The molecule has 0 heterocycles. The summed E-state index contributed by atoms with van der Waals surface area (Å²) in [6.45, 7) is 7.38. The number of ketones is 2. The average Bonchev–Trinajstić information content (AvgIpc) is 3.31. The maximum absolute atomic E-state index is 13.9. The van der Waals surface area contributed by atoms with Crippen LogP contribution in [0.4, 0.5) is 17.1 Å². The normalized spacial score (nSPS) is 10.4. The van der Waals surface area contributed by atoms with Crippen LogP contribution in [0, 0.1) is 6.92 Å². The molecule has 0 radical (unpaired) electrons. The Balaban J connectivity index is 1.19. The molecule has 0 aliphatic rings. The highest BCUT2D eigenvalue weighted by Gasteiger charge is 2.23. The van der Waals surface area contributed by atoms with E-state index in [0.717, 1.165) is 28.5 Å². The van der Waals surface area contributed by atoms with Crippen LogP contribution in [0.5, 0.6) is 11.5 Å². The minimum atomic E-state index is -1.01. The minimum Gasteiger partial charge on any atom is -0.457 e. The van der Waals surface area contributed by atoms with Gasteiger partial charge in [-0.1, -0.05) is 49.1 Å². The Bertz CT molecular complexity index is 2940. The Kier molecular flexibility index (Phi) is 14.5. The fraction of sp³-hybridized carbons (Fsp3) is 0.0800. The topological polar surface area (TPSA) is 212 Å². The summed E-state index contributed by atoms with van der Waals surface area (Å²) in [7, 11) is 1.35. The molecule has 0 bridgehead atoms. The number of benzene rings is 6. The molecule has 0 saturated carbocycles. The summed E-state index contributed by atoms with van der Waals surface area (Å²) in [5, 5.41) is 12.5. The second-order valence-electron chi connectivity index (χ2n) is 14.2. The molecular weight excluding hydrogens is 833 g/mol. The second kappa shape index (κ2) is 20.7. The van der Waals surface area contributed by atoms with Gasteiger partial charge in [0, 0.05) is 35.2 Å². The number of esters is 2. The molecule has 15 heteroatoms. The van der Waals surface area contributed by atoms with Crippen molar-refractivity contribution in [3.63, 3.8) is 0 Å². The lowest BCUT2D eigenvalue weighted by Gasteiger charge is -2.14. The number of carbonyl (C=O) groups excluding carboxylic acids is 8. The molecule has 6 aromatic rings. The van der Waals surface area contributed by atoms with Crippen molar-refractivity contribution in [2.24, 2.45) is 0 Å². The zero-order chi connectivity index (χ0) is 46.6. The van der Waals surface area contributed by atoms with Crippen LogP contribution in [0.1, 0.15) is 67.7 Å². The summed E-state index contributed by atoms with van der Waals surface area (Å²) in [6.07, 6.45) is 1.97. The van der Waals surface area contributed by atoms with Crippen molar-refractivity contribution in [3.8, 4) is 11.5 Å². The van der Waals surface area contributed by atoms with Crippen molar-refractivity contribution in [1.82, 2.24) is 5.32 Å². The number of rotatable bonds is 17. The van der Waals surface area contributed by atoms with Gasteiger partial charge in [-0.25, -0.2) is 9.59 Å². The van der Waals surface area contributed by atoms with Gasteiger partial charge < -0.3 is 35.5 Å². The van der Waals surface area contributed by atoms with Crippen LogP contribution < -0.4 is 26.0 Å². The molecule has 0 aromatic heterocycles. The van der Waals surface area contributed by atoms with E-state index in [4.69, 9.17) is 14.2 Å². The minimum absolute atomic E-state index is 0.00961. The van der Waals surface area contributed by atoms with E-state index >= 15 is 0 Å². The van der Waals surface area contributed by atoms with Gasteiger partial charge >= 0.3 is 11.9 Å². The lowest BCUT2D eigenvalue weighted by atomic mass is 10.0. The van der Waals surface area contributed by atoms with Gasteiger partial charge in [0.05, 0.1) is 22.3 Å². The van der Waals surface area contributed by atoms with E-state index in [2.05, 4.69) is 34.4 Å². The van der Waals surface area contributed by atoms with Crippen molar-refractivity contribution < 1.29 is 52.6 Å². The molecular formula is C50H40N4O11. The fourth-order valence-corrected chi connectivity index (χ4v) is 6.25. The van der Waals surface area contributed by atoms with E-state index < -0.39 is 54.4 Å². The van der Waals surface area contributed by atoms with Crippen LogP contribution in [-0.4, -0.2) is 67.4 Å². The third-order valence-electron chi connectivity index (χ3n) is 9.54.